The minimum absolute atomic E-state index is 0.0269. The summed E-state index contributed by atoms with van der Waals surface area (Å²) < 4.78 is 0. The Morgan fingerprint density at radius 1 is 1.46 bits per heavy atom. The molecule has 13 heavy (non-hydrogen) atoms. The summed E-state index contributed by atoms with van der Waals surface area (Å²) in [6.07, 6.45) is 3.92. The number of hydrogen-bond donors (Lipinski definition) is 1. The minimum atomic E-state index is 0.0269. The van der Waals surface area contributed by atoms with Crippen molar-refractivity contribution in [3.05, 3.63) is 0 Å². The zero-order chi connectivity index (χ0) is 9.84. The van der Waals surface area contributed by atoms with Crippen LogP contribution in [0.3, 0.4) is 0 Å². The largest absolute Gasteiger partial charge is 0.338 e. The van der Waals surface area contributed by atoms with Crippen molar-refractivity contribution in [1.82, 2.24) is 10.2 Å². The smallest absolute Gasteiger partial charge is 0.316 e. The van der Waals surface area contributed by atoms with Gasteiger partial charge in [-0.25, -0.2) is 4.79 Å². The molecule has 0 saturated heterocycles. The van der Waals surface area contributed by atoms with Gasteiger partial charge >= 0.3 is 6.03 Å². The van der Waals surface area contributed by atoms with Gasteiger partial charge in [0.2, 0.25) is 0 Å². The fraction of sp³-hybridized carbons (Fsp3) is 0.900. The predicted molar refractivity (Wildman–Crippen MR) is 53.6 cm³/mol. The summed E-state index contributed by atoms with van der Waals surface area (Å²) in [6.45, 7) is 3.12. The maximum atomic E-state index is 11.2. The van der Waals surface area contributed by atoms with E-state index in [1.165, 1.54) is 19.3 Å². The lowest BCUT2D eigenvalue weighted by Crippen LogP contribution is -2.37. The summed E-state index contributed by atoms with van der Waals surface area (Å²) in [5, 5.41) is 2.94. The number of urea groups is 1. The maximum Gasteiger partial charge on any atom is 0.316 e. The van der Waals surface area contributed by atoms with Crippen LogP contribution < -0.4 is 5.32 Å². The molecule has 1 fully saturated rings. The van der Waals surface area contributed by atoms with Crippen molar-refractivity contribution in [2.75, 3.05) is 20.6 Å². The molecule has 0 bridgehead atoms. The lowest BCUT2D eigenvalue weighted by Gasteiger charge is -2.18. The third-order valence-electron chi connectivity index (χ3n) is 2.96. The Morgan fingerprint density at radius 2 is 2.15 bits per heavy atom. The first-order valence-electron chi connectivity index (χ1n) is 5.06. The standard InChI is InChI=1S/C10H20N2O/c1-8-5-4-6-9(8)7-11-10(13)12(2)3/h8-9H,4-7H2,1-3H3,(H,11,13). The van der Waals surface area contributed by atoms with E-state index in [-0.39, 0.29) is 6.03 Å². The number of amides is 2. The molecule has 1 rings (SSSR count). The lowest BCUT2D eigenvalue weighted by atomic mass is 9.98. The molecule has 0 heterocycles. The summed E-state index contributed by atoms with van der Waals surface area (Å²) in [7, 11) is 3.54. The highest BCUT2D eigenvalue weighted by Crippen LogP contribution is 2.30. The number of hydrogen-bond acceptors (Lipinski definition) is 1. The third-order valence-corrected chi connectivity index (χ3v) is 2.96. The van der Waals surface area contributed by atoms with E-state index in [0.29, 0.717) is 5.92 Å². The molecule has 0 aromatic rings. The van der Waals surface area contributed by atoms with Crippen LogP contribution in [0.1, 0.15) is 26.2 Å². The van der Waals surface area contributed by atoms with Crippen molar-refractivity contribution < 1.29 is 4.79 Å². The van der Waals surface area contributed by atoms with Gasteiger partial charge in [0, 0.05) is 20.6 Å². The Morgan fingerprint density at radius 3 is 2.62 bits per heavy atom. The molecule has 0 spiro atoms. The summed E-state index contributed by atoms with van der Waals surface area (Å²) >= 11 is 0. The summed E-state index contributed by atoms with van der Waals surface area (Å²) in [5.74, 6) is 1.48. The first-order chi connectivity index (χ1) is 6.11. The summed E-state index contributed by atoms with van der Waals surface area (Å²) in [4.78, 5) is 12.8. The molecule has 0 aromatic heterocycles. The number of nitrogens with zero attached hydrogens (tertiary/aromatic N) is 1. The number of rotatable bonds is 2. The first-order valence-corrected chi connectivity index (χ1v) is 5.06. The Labute approximate surface area is 80.5 Å². The summed E-state index contributed by atoms with van der Waals surface area (Å²) in [6, 6.07) is 0.0269. The fourth-order valence-corrected chi connectivity index (χ4v) is 1.90. The molecule has 2 amide bonds. The van der Waals surface area contributed by atoms with E-state index in [1.807, 2.05) is 0 Å². The third kappa shape index (κ3) is 2.90. The lowest BCUT2D eigenvalue weighted by molar-refractivity contribution is 0.214. The second-order valence-corrected chi connectivity index (χ2v) is 4.25. The molecule has 3 heteroatoms. The molecular formula is C10H20N2O. The summed E-state index contributed by atoms with van der Waals surface area (Å²) in [5.41, 5.74) is 0. The second-order valence-electron chi connectivity index (χ2n) is 4.25. The van der Waals surface area contributed by atoms with Gasteiger partial charge in [-0.3, -0.25) is 0 Å². The topological polar surface area (TPSA) is 32.3 Å². The Balaban J connectivity index is 2.22. The number of carbonyl (C=O) groups excluding carboxylic acids is 1. The van der Waals surface area contributed by atoms with E-state index < -0.39 is 0 Å². The molecule has 0 radical (unpaired) electrons. The van der Waals surface area contributed by atoms with Crippen molar-refractivity contribution in [1.29, 1.82) is 0 Å². The molecule has 2 unspecified atom stereocenters. The maximum absolute atomic E-state index is 11.2. The molecule has 1 N–H and O–H groups in total. The van der Waals surface area contributed by atoms with Gasteiger partial charge in [0.25, 0.3) is 0 Å². The molecule has 76 valence electrons. The van der Waals surface area contributed by atoms with Crippen LogP contribution in [0.5, 0.6) is 0 Å². The van der Waals surface area contributed by atoms with E-state index in [0.717, 1.165) is 12.5 Å². The van der Waals surface area contributed by atoms with E-state index in [4.69, 9.17) is 0 Å². The molecule has 0 aliphatic heterocycles. The van der Waals surface area contributed by atoms with E-state index in [9.17, 15) is 4.79 Å². The van der Waals surface area contributed by atoms with Crippen LogP contribution in [0.2, 0.25) is 0 Å². The highest BCUT2D eigenvalue weighted by molar-refractivity contribution is 5.73. The van der Waals surface area contributed by atoms with Crippen LogP contribution in [-0.4, -0.2) is 31.6 Å². The SMILES string of the molecule is CC1CCCC1CNC(=O)N(C)C. The normalized spacial score (nSPS) is 27.3. The Bertz CT molecular complexity index is 180. The first kappa shape index (κ1) is 10.4. The van der Waals surface area contributed by atoms with Gasteiger partial charge in [-0.1, -0.05) is 19.8 Å². The van der Waals surface area contributed by atoms with Crippen LogP contribution in [0, 0.1) is 11.8 Å². The Hall–Kier alpha value is -0.730. The van der Waals surface area contributed by atoms with Gasteiger partial charge in [0.05, 0.1) is 0 Å². The van der Waals surface area contributed by atoms with E-state index in [1.54, 1.807) is 19.0 Å². The van der Waals surface area contributed by atoms with Gasteiger partial charge < -0.3 is 10.2 Å². The average Bonchev–Trinajstić information content (AvgIpc) is 2.47. The zero-order valence-corrected chi connectivity index (χ0v) is 8.84. The van der Waals surface area contributed by atoms with Gasteiger partial charge in [-0.05, 0) is 18.3 Å². The van der Waals surface area contributed by atoms with Crippen molar-refractivity contribution in [2.45, 2.75) is 26.2 Å². The van der Waals surface area contributed by atoms with Crippen LogP contribution in [-0.2, 0) is 0 Å². The van der Waals surface area contributed by atoms with Crippen molar-refractivity contribution >= 4 is 6.03 Å². The van der Waals surface area contributed by atoms with Crippen LogP contribution in [0.15, 0.2) is 0 Å². The van der Waals surface area contributed by atoms with E-state index in [2.05, 4.69) is 12.2 Å². The highest BCUT2D eigenvalue weighted by atomic mass is 16.2. The average molecular weight is 184 g/mol. The molecule has 1 aliphatic carbocycles. The molecule has 1 saturated carbocycles. The molecule has 0 aromatic carbocycles. The van der Waals surface area contributed by atoms with Crippen molar-refractivity contribution in [2.24, 2.45) is 11.8 Å². The molecule has 2 atom stereocenters. The van der Waals surface area contributed by atoms with E-state index >= 15 is 0 Å². The number of carbonyl (C=O) groups is 1. The van der Waals surface area contributed by atoms with Crippen molar-refractivity contribution in [3.8, 4) is 0 Å². The van der Waals surface area contributed by atoms with Gasteiger partial charge in [0.15, 0.2) is 0 Å². The van der Waals surface area contributed by atoms with Gasteiger partial charge in [0.1, 0.15) is 0 Å². The second kappa shape index (κ2) is 4.49. The number of nitrogens with one attached hydrogen (secondary N) is 1. The monoisotopic (exact) mass is 184 g/mol. The molecular weight excluding hydrogens is 164 g/mol. The minimum Gasteiger partial charge on any atom is -0.338 e. The highest BCUT2D eigenvalue weighted by Gasteiger charge is 2.23. The predicted octanol–water partition coefficient (Wildman–Crippen LogP) is 1.69. The van der Waals surface area contributed by atoms with Crippen molar-refractivity contribution in [3.63, 3.8) is 0 Å². The molecule has 3 nitrogen and oxygen atoms in total. The van der Waals surface area contributed by atoms with Gasteiger partial charge in [-0.15, -0.1) is 0 Å². The van der Waals surface area contributed by atoms with Crippen LogP contribution >= 0.6 is 0 Å². The molecule has 1 aliphatic rings. The van der Waals surface area contributed by atoms with Crippen LogP contribution in [0.4, 0.5) is 4.79 Å². The quantitative estimate of drug-likeness (QED) is 0.696. The fourth-order valence-electron chi connectivity index (χ4n) is 1.90. The zero-order valence-electron chi connectivity index (χ0n) is 8.84. The van der Waals surface area contributed by atoms with Crippen LogP contribution in [0.25, 0.3) is 0 Å². The Kier molecular flexibility index (Phi) is 3.58. The van der Waals surface area contributed by atoms with Gasteiger partial charge in [-0.2, -0.15) is 0 Å².